The van der Waals surface area contributed by atoms with Crippen molar-refractivity contribution in [1.29, 1.82) is 0 Å². The molecule has 4 nitrogen and oxygen atoms in total. The van der Waals surface area contributed by atoms with E-state index in [9.17, 15) is 9.18 Å². The third-order valence-corrected chi connectivity index (χ3v) is 2.48. The Morgan fingerprint density at radius 1 is 1.39 bits per heavy atom. The van der Waals surface area contributed by atoms with Gasteiger partial charge in [0.05, 0.1) is 0 Å². The van der Waals surface area contributed by atoms with Gasteiger partial charge in [-0.1, -0.05) is 0 Å². The molecule has 0 aliphatic carbocycles. The van der Waals surface area contributed by atoms with E-state index in [-0.39, 0.29) is 17.0 Å². The molecule has 0 bridgehead atoms. The average molecular weight is 266 g/mol. The summed E-state index contributed by atoms with van der Waals surface area (Å²) in [4.78, 5) is 19.5. The number of aromatic nitrogens is 2. The highest BCUT2D eigenvalue weighted by atomic mass is 35.5. The van der Waals surface area contributed by atoms with Crippen molar-refractivity contribution in [3.63, 3.8) is 0 Å². The number of amides is 1. The highest BCUT2D eigenvalue weighted by Gasteiger charge is 2.10. The summed E-state index contributed by atoms with van der Waals surface area (Å²) in [5, 5.41) is 2.61. The van der Waals surface area contributed by atoms with Gasteiger partial charge in [0.25, 0.3) is 5.91 Å². The molecule has 2 rings (SSSR count). The van der Waals surface area contributed by atoms with Gasteiger partial charge < -0.3 is 5.32 Å². The summed E-state index contributed by atoms with van der Waals surface area (Å²) >= 11 is 5.60. The van der Waals surface area contributed by atoms with Crippen molar-refractivity contribution in [2.45, 2.75) is 6.92 Å². The Labute approximate surface area is 108 Å². The molecule has 0 radical (unpaired) electrons. The number of carbonyl (C=O) groups is 1. The minimum absolute atomic E-state index is 0.0450. The molecule has 1 aromatic carbocycles. The summed E-state index contributed by atoms with van der Waals surface area (Å²) in [6.07, 6.45) is 1.43. The van der Waals surface area contributed by atoms with Gasteiger partial charge in [-0.3, -0.25) is 4.79 Å². The van der Waals surface area contributed by atoms with Crippen LogP contribution in [-0.2, 0) is 0 Å². The van der Waals surface area contributed by atoms with Crippen molar-refractivity contribution in [2.75, 3.05) is 5.32 Å². The highest BCUT2D eigenvalue weighted by Crippen LogP contribution is 2.13. The first-order valence-electron chi connectivity index (χ1n) is 5.12. The SMILES string of the molecule is Cc1cc(F)ccc1C(=O)Nc1ccnc(Cl)n1. The molecule has 0 saturated heterocycles. The van der Waals surface area contributed by atoms with E-state index in [1.54, 1.807) is 6.92 Å². The molecule has 1 heterocycles. The minimum atomic E-state index is -0.380. The number of nitrogens with one attached hydrogen (secondary N) is 1. The Hall–Kier alpha value is -2.01. The molecule has 1 amide bonds. The number of carbonyl (C=O) groups excluding carboxylic acids is 1. The number of nitrogens with zero attached hydrogens (tertiary/aromatic N) is 2. The maximum atomic E-state index is 12.9. The van der Waals surface area contributed by atoms with Crippen molar-refractivity contribution in [1.82, 2.24) is 9.97 Å². The first-order chi connectivity index (χ1) is 8.56. The number of halogens is 2. The Morgan fingerprint density at radius 2 is 2.17 bits per heavy atom. The molecule has 0 spiro atoms. The van der Waals surface area contributed by atoms with E-state index >= 15 is 0 Å². The highest BCUT2D eigenvalue weighted by molar-refractivity contribution is 6.28. The van der Waals surface area contributed by atoms with Gasteiger partial charge in [0, 0.05) is 11.8 Å². The third kappa shape index (κ3) is 2.81. The van der Waals surface area contributed by atoms with Crippen LogP contribution >= 0.6 is 11.6 Å². The zero-order valence-electron chi connectivity index (χ0n) is 9.45. The van der Waals surface area contributed by atoms with Crippen LogP contribution in [0.1, 0.15) is 15.9 Å². The Bertz CT molecular complexity index is 604. The molecule has 0 aliphatic rings. The fourth-order valence-corrected chi connectivity index (χ4v) is 1.62. The Morgan fingerprint density at radius 3 is 2.83 bits per heavy atom. The normalized spacial score (nSPS) is 10.2. The lowest BCUT2D eigenvalue weighted by atomic mass is 10.1. The van der Waals surface area contributed by atoms with Gasteiger partial charge in [-0.25, -0.2) is 14.4 Å². The van der Waals surface area contributed by atoms with Gasteiger partial charge in [0.2, 0.25) is 5.28 Å². The molecular formula is C12H9ClFN3O. The number of anilines is 1. The molecule has 18 heavy (non-hydrogen) atoms. The van der Waals surface area contributed by atoms with Gasteiger partial charge in [-0.05, 0) is 48.4 Å². The molecule has 1 aromatic heterocycles. The van der Waals surface area contributed by atoms with E-state index < -0.39 is 0 Å². The van der Waals surface area contributed by atoms with E-state index in [1.807, 2.05) is 0 Å². The molecule has 0 unspecified atom stereocenters. The maximum absolute atomic E-state index is 12.9. The van der Waals surface area contributed by atoms with Gasteiger partial charge in [0.15, 0.2) is 0 Å². The molecule has 6 heteroatoms. The van der Waals surface area contributed by atoms with Crippen molar-refractivity contribution >= 4 is 23.3 Å². The van der Waals surface area contributed by atoms with Crippen LogP contribution in [0, 0.1) is 12.7 Å². The summed E-state index contributed by atoms with van der Waals surface area (Å²) in [5.41, 5.74) is 0.929. The number of rotatable bonds is 2. The third-order valence-electron chi connectivity index (χ3n) is 2.30. The summed E-state index contributed by atoms with van der Waals surface area (Å²) in [7, 11) is 0. The van der Waals surface area contributed by atoms with Gasteiger partial charge in [-0.2, -0.15) is 0 Å². The van der Waals surface area contributed by atoms with Crippen LogP contribution in [0.3, 0.4) is 0 Å². The number of hydrogen-bond acceptors (Lipinski definition) is 3. The van der Waals surface area contributed by atoms with Crippen LogP contribution in [0.25, 0.3) is 0 Å². The van der Waals surface area contributed by atoms with E-state index in [2.05, 4.69) is 15.3 Å². The minimum Gasteiger partial charge on any atom is -0.306 e. The number of benzene rings is 1. The first-order valence-corrected chi connectivity index (χ1v) is 5.50. The van der Waals surface area contributed by atoms with Crippen LogP contribution in [-0.4, -0.2) is 15.9 Å². The fraction of sp³-hybridized carbons (Fsp3) is 0.0833. The van der Waals surface area contributed by atoms with Gasteiger partial charge in [0.1, 0.15) is 11.6 Å². The largest absolute Gasteiger partial charge is 0.306 e. The summed E-state index contributed by atoms with van der Waals surface area (Å²) in [6, 6.07) is 5.46. The number of aryl methyl sites for hydroxylation is 1. The zero-order chi connectivity index (χ0) is 13.1. The van der Waals surface area contributed by atoms with Crippen molar-refractivity contribution in [3.8, 4) is 0 Å². The Balaban J connectivity index is 2.22. The first kappa shape index (κ1) is 12.4. The van der Waals surface area contributed by atoms with Crippen LogP contribution in [0.4, 0.5) is 10.2 Å². The second-order valence-corrected chi connectivity index (χ2v) is 3.96. The lowest BCUT2D eigenvalue weighted by Crippen LogP contribution is -2.14. The second kappa shape index (κ2) is 5.10. The lowest BCUT2D eigenvalue weighted by Gasteiger charge is -2.06. The number of hydrogen-bond donors (Lipinski definition) is 1. The van der Waals surface area contributed by atoms with E-state index in [1.165, 1.54) is 30.5 Å². The molecule has 0 atom stereocenters. The topological polar surface area (TPSA) is 54.9 Å². The monoisotopic (exact) mass is 265 g/mol. The van der Waals surface area contributed by atoms with Crippen molar-refractivity contribution in [2.24, 2.45) is 0 Å². The molecule has 1 N–H and O–H groups in total. The van der Waals surface area contributed by atoms with Crippen molar-refractivity contribution in [3.05, 3.63) is 52.7 Å². The molecule has 2 aromatic rings. The lowest BCUT2D eigenvalue weighted by molar-refractivity contribution is 0.102. The van der Waals surface area contributed by atoms with Crippen LogP contribution in [0.5, 0.6) is 0 Å². The van der Waals surface area contributed by atoms with Gasteiger partial charge in [-0.15, -0.1) is 0 Å². The Kier molecular flexibility index (Phi) is 3.53. The predicted molar refractivity (Wildman–Crippen MR) is 66.1 cm³/mol. The van der Waals surface area contributed by atoms with E-state index in [0.717, 1.165) is 0 Å². The molecule has 92 valence electrons. The molecule has 0 aliphatic heterocycles. The summed E-state index contributed by atoms with van der Waals surface area (Å²) in [5.74, 6) is -0.458. The second-order valence-electron chi connectivity index (χ2n) is 3.62. The van der Waals surface area contributed by atoms with Crippen molar-refractivity contribution < 1.29 is 9.18 Å². The zero-order valence-corrected chi connectivity index (χ0v) is 10.2. The molecule has 0 fully saturated rings. The summed E-state index contributed by atoms with van der Waals surface area (Å²) < 4.78 is 12.9. The smallest absolute Gasteiger partial charge is 0.257 e. The summed E-state index contributed by atoms with van der Waals surface area (Å²) in [6.45, 7) is 1.66. The standard InChI is InChI=1S/C12H9ClFN3O/c1-7-6-8(14)2-3-9(7)11(18)16-10-4-5-15-12(13)17-10/h2-6H,1H3,(H,15,16,17,18). The van der Waals surface area contributed by atoms with Crippen LogP contribution < -0.4 is 5.32 Å². The van der Waals surface area contributed by atoms with E-state index in [4.69, 9.17) is 11.6 Å². The predicted octanol–water partition coefficient (Wildman–Crippen LogP) is 2.83. The van der Waals surface area contributed by atoms with E-state index in [0.29, 0.717) is 16.9 Å². The van der Waals surface area contributed by atoms with Crippen LogP contribution in [0.15, 0.2) is 30.5 Å². The fourth-order valence-electron chi connectivity index (χ4n) is 1.47. The van der Waals surface area contributed by atoms with Crippen LogP contribution in [0.2, 0.25) is 5.28 Å². The molecular weight excluding hydrogens is 257 g/mol. The van der Waals surface area contributed by atoms with Gasteiger partial charge >= 0.3 is 0 Å². The average Bonchev–Trinajstić information content (AvgIpc) is 2.28. The molecule has 0 saturated carbocycles. The quantitative estimate of drug-likeness (QED) is 0.850. The maximum Gasteiger partial charge on any atom is 0.257 e.